The maximum atomic E-state index is 13.0. The van der Waals surface area contributed by atoms with Gasteiger partial charge in [-0.15, -0.1) is 0 Å². The monoisotopic (exact) mass is 427 g/mol. The summed E-state index contributed by atoms with van der Waals surface area (Å²) in [4.78, 5) is 34.3. The molecule has 4 aromatic rings. The fourth-order valence-corrected chi connectivity index (χ4v) is 3.39. The molecular weight excluding hydrogens is 402 g/mol. The van der Waals surface area contributed by atoms with Crippen LogP contribution < -0.4 is 10.6 Å². The van der Waals surface area contributed by atoms with Gasteiger partial charge in [0.2, 0.25) is 0 Å². The molecule has 32 heavy (non-hydrogen) atoms. The lowest BCUT2D eigenvalue weighted by Gasteiger charge is -2.22. The number of hydrogen-bond acceptors (Lipinski definition) is 4. The van der Waals surface area contributed by atoms with E-state index in [9.17, 15) is 9.59 Å². The first-order chi connectivity index (χ1) is 15.2. The molecule has 0 radical (unpaired) electrons. The molecule has 3 heterocycles. The fraction of sp³-hybridized carbons (Fsp3) is 0.200. The summed E-state index contributed by atoms with van der Waals surface area (Å²) in [7, 11) is 0. The van der Waals surface area contributed by atoms with Gasteiger partial charge in [0.15, 0.2) is 0 Å². The van der Waals surface area contributed by atoms with Crippen molar-refractivity contribution < 1.29 is 9.59 Å². The Balaban J connectivity index is 1.69. The second-order valence-corrected chi connectivity index (χ2v) is 8.66. The van der Waals surface area contributed by atoms with Gasteiger partial charge in [0.1, 0.15) is 11.5 Å². The number of aromatic nitrogens is 3. The van der Waals surface area contributed by atoms with Crippen LogP contribution in [0.1, 0.15) is 47.1 Å². The van der Waals surface area contributed by atoms with Crippen LogP contribution in [0.4, 0.5) is 11.5 Å². The van der Waals surface area contributed by atoms with Crippen molar-refractivity contribution in [2.24, 2.45) is 0 Å². The molecule has 0 aliphatic carbocycles. The van der Waals surface area contributed by atoms with Crippen LogP contribution in [-0.4, -0.2) is 26.3 Å². The second-order valence-electron chi connectivity index (χ2n) is 8.66. The van der Waals surface area contributed by atoms with Gasteiger partial charge in [-0.1, -0.05) is 17.7 Å². The van der Waals surface area contributed by atoms with E-state index in [0.717, 1.165) is 5.56 Å². The van der Waals surface area contributed by atoms with Crippen LogP contribution in [0.15, 0.2) is 67.1 Å². The predicted molar refractivity (Wildman–Crippen MR) is 126 cm³/mol. The molecule has 0 bridgehead atoms. The number of pyridine rings is 2. The van der Waals surface area contributed by atoms with E-state index >= 15 is 0 Å². The topological polar surface area (TPSA) is 88.9 Å². The molecule has 0 saturated heterocycles. The van der Waals surface area contributed by atoms with E-state index in [4.69, 9.17) is 0 Å². The number of carbonyl (C=O) groups excluding carboxylic acids is 2. The molecule has 0 spiro atoms. The molecular formula is C25H25N5O2. The van der Waals surface area contributed by atoms with Gasteiger partial charge in [0, 0.05) is 40.8 Å². The zero-order valence-corrected chi connectivity index (χ0v) is 18.5. The normalized spacial score (nSPS) is 11.4. The molecule has 4 rings (SSSR count). The quantitative estimate of drug-likeness (QED) is 0.480. The number of fused-ring (bicyclic) bond motifs is 1. The molecule has 0 fully saturated rings. The van der Waals surface area contributed by atoms with Crippen LogP contribution >= 0.6 is 0 Å². The molecule has 7 nitrogen and oxygen atoms in total. The second kappa shape index (κ2) is 8.26. The van der Waals surface area contributed by atoms with Crippen molar-refractivity contribution in [2.75, 3.05) is 10.6 Å². The summed E-state index contributed by atoms with van der Waals surface area (Å²) in [6.45, 7) is 8.09. The molecule has 0 unspecified atom stereocenters. The zero-order chi connectivity index (χ0) is 22.9. The third kappa shape index (κ3) is 4.37. The van der Waals surface area contributed by atoms with E-state index in [2.05, 4.69) is 20.6 Å². The van der Waals surface area contributed by atoms with Gasteiger partial charge in [0.25, 0.3) is 11.8 Å². The minimum Gasteiger partial charge on any atom is -0.326 e. The number of amides is 2. The number of benzene rings is 1. The first-order valence-electron chi connectivity index (χ1n) is 10.3. The average molecular weight is 428 g/mol. The summed E-state index contributed by atoms with van der Waals surface area (Å²) in [6, 6.07) is 14.3. The van der Waals surface area contributed by atoms with Gasteiger partial charge < -0.3 is 15.2 Å². The van der Waals surface area contributed by atoms with Crippen molar-refractivity contribution in [1.29, 1.82) is 0 Å². The number of anilines is 2. The van der Waals surface area contributed by atoms with E-state index in [1.807, 2.05) is 50.5 Å². The van der Waals surface area contributed by atoms with E-state index in [1.54, 1.807) is 48.9 Å². The Labute approximate surface area is 186 Å². The fourth-order valence-electron chi connectivity index (χ4n) is 3.39. The average Bonchev–Trinajstić information content (AvgIpc) is 3.14. The van der Waals surface area contributed by atoms with E-state index in [0.29, 0.717) is 33.7 Å². The van der Waals surface area contributed by atoms with Gasteiger partial charge in [-0.2, -0.15) is 0 Å². The molecule has 0 saturated carbocycles. The highest BCUT2D eigenvalue weighted by Gasteiger charge is 2.23. The molecule has 0 aliphatic heterocycles. The van der Waals surface area contributed by atoms with Crippen LogP contribution in [-0.2, 0) is 5.54 Å². The summed E-state index contributed by atoms with van der Waals surface area (Å²) in [5.41, 5.74) is 3.12. The van der Waals surface area contributed by atoms with Gasteiger partial charge in [0.05, 0.1) is 5.56 Å². The Kier molecular flexibility index (Phi) is 5.48. The zero-order valence-electron chi connectivity index (χ0n) is 18.5. The standard InChI is InChI=1S/C25H25N5O2/c1-16-5-7-17(8-6-16)23(31)29-21-10-9-19-20(15-30(22(19)28-21)25(2,3)4)24(32)27-18-11-13-26-14-12-18/h5-15H,1-4H3,(H,26,27,32)(H,28,29,31). The molecule has 162 valence electrons. The van der Waals surface area contributed by atoms with Crippen molar-refractivity contribution in [3.63, 3.8) is 0 Å². The molecule has 3 aromatic heterocycles. The van der Waals surface area contributed by atoms with Crippen molar-refractivity contribution in [3.8, 4) is 0 Å². The summed E-state index contributed by atoms with van der Waals surface area (Å²) < 4.78 is 1.95. The Morgan fingerprint density at radius 1 is 0.875 bits per heavy atom. The molecule has 2 amide bonds. The highest BCUT2D eigenvalue weighted by molar-refractivity contribution is 6.13. The number of aryl methyl sites for hydroxylation is 1. The van der Waals surface area contributed by atoms with Gasteiger partial charge >= 0.3 is 0 Å². The van der Waals surface area contributed by atoms with Crippen LogP contribution in [0.2, 0.25) is 0 Å². The smallest absolute Gasteiger partial charge is 0.257 e. The summed E-state index contributed by atoms with van der Waals surface area (Å²) >= 11 is 0. The van der Waals surface area contributed by atoms with Crippen LogP contribution in [0, 0.1) is 6.92 Å². The Bertz CT molecular complexity index is 1290. The van der Waals surface area contributed by atoms with Gasteiger partial charge in [-0.3, -0.25) is 14.6 Å². The SMILES string of the molecule is Cc1ccc(C(=O)Nc2ccc3c(C(=O)Nc4ccncc4)cn(C(C)(C)C)c3n2)cc1. The predicted octanol–water partition coefficient (Wildman–Crippen LogP) is 5.00. The largest absolute Gasteiger partial charge is 0.326 e. The lowest BCUT2D eigenvalue weighted by atomic mass is 10.1. The van der Waals surface area contributed by atoms with Crippen molar-refractivity contribution in [3.05, 3.63) is 83.8 Å². The van der Waals surface area contributed by atoms with Crippen molar-refractivity contribution >= 4 is 34.4 Å². The minimum atomic E-state index is -0.319. The lowest BCUT2D eigenvalue weighted by Crippen LogP contribution is -2.21. The number of nitrogens with one attached hydrogen (secondary N) is 2. The third-order valence-corrected chi connectivity index (χ3v) is 5.11. The molecule has 1 aromatic carbocycles. The maximum Gasteiger partial charge on any atom is 0.257 e. The van der Waals surface area contributed by atoms with Crippen molar-refractivity contribution in [2.45, 2.75) is 33.2 Å². The minimum absolute atomic E-state index is 0.234. The molecule has 7 heteroatoms. The van der Waals surface area contributed by atoms with Crippen LogP contribution in [0.25, 0.3) is 11.0 Å². The highest BCUT2D eigenvalue weighted by atomic mass is 16.2. The first kappa shape index (κ1) is 21.2. The van der Waals surface area contributed by atoms with Crippen LogP contribution in [0.3, 0.4) is 0 Å². The highest BCUT2D eigenvalue weighted by Crippen LogP contribution is 2.28. The van der Waals surface area contributed by atoms with Gasteiger partial charge in [-0.25, -0.2) is 4.98 Å². The van der Waals surface area contributed by atoms with Crippen LogP contribution in [0.5, 0.6) is 0 Å². The maximum absolute atomic E-state index is 13.0. The third-order valence-electron chi connectivity index (χ3n) is 5.11. The Morgan fingerprint density at radius 2 is 1.56 bits per heavy atom. The Hall–Kier alpha value is -4.00. The summed E-state index contributed by atoms with van der Waals surface area (Å²) in [5, 5.41) is 6.46. The number of hydrogen-bond donors (Lipinski definition) is 2. The lowest BCUT2D eigenvalue weighted by molar-refractivity contribution is 0.101. The summed E-state index contributed by atoms with van der Waals surface area (Å²) in [6.07, 6.45) is 5.05. The van der Waals surface area contributed by atoms with E-state index in [1.165, 1.54) is 0 Å². The summed E-state index contributed by atoms with van der Waals surface area (Å²) in [5.74, 6) is -0.0448. The van der Waals surface area contributed by atoms with E-state index < -0.39 is 0 Å². The number of nitrogens with zero attached hydrogens (tertiary/aromatic N) is 3. The molecule has 0 aliphatic rings. The number of carbonyl (C=O) groups is 2. The molecule has 0 atom stereocenters. The Morgan fingerprint density at radius 3 is 2.22 bits per heavy atom. The van der Waals surface area contributed by atoms with E-state index in [-0.39, 0.29) is 17.4 Å². The molecule has 2 N–H and O–H groups in total. The number of rotatable bonds is 4. The van der Waals surface area contributed by atoms with Gasteiger partial charge in [-0.05, 0) is 64.1 Å². The van der Waals surface area contributed by atoms with Crippen molar-refractivity contribution in [1.82, 2.24) is 14.5 Å². The first-order valence-corrected chi connectivity index (χ1v) is 10.3.